The molecule has 6 nitrogen and oxygen atoms in total. The highest BCUT2D eigenvalue weighted by Gasteiger charge is 2.32. The van der Waals surface area contributed by atoms with Crippen LogP contribution in [0.5, 0.6) is 0 Å². The van der Waals surface area contributed by atoms with Gasteiger partial charge in [-0.15, -0.1) is 0 Å². The van der Waals surface area contributed by atoms with Crippen molar-refractivity contribution in [3.05, 3.63) is 0 Å². The molecule has 1 heterocycles. The van der Waals surface area contributed by atoms with Gasteiger partial charge in [-0.3, -0.25) is 0 Å². The summed E-state index contributed by atoms with van der Waals surface area (Å²) in [5.74, 6) is -0.617. The molecule has 0 spiro atoms. The summed E-state index contributed by atoms with van der Waals surface area (Å²) in [4.78, 5) is 0. The first-order chi connectivity index (χ1) is 6.85. The molecule has 1 aliphatic heterocycles. The Bertz CT molecular complexity index is 302. The molecule has 0 radical (unpaired) electrons. The molecule has 0 aromatic rings. The Balaban J connectivity index is 2.33. The second-order valence-electron chi connectivity index (χ2n) is 3.80. The Hall–Kier alpha value is -0.210. The van der Waals surface area contributed by atoms with E-state index in [1.54, 1.807) is 20.8 Å². The summed E-state index contributed by atoms with van der Waals surface area (Å²) < 4.78 is 37.9. The second kappa shape index (κ2) is 4.75. The van der Waals surface area contributed by atoms with Crippen molar-refractivity contribution in [2.75, 3.05) is 19.7 Å². The van der Waals surface area contributed by atoms with Crippen LogP contribution >= 0.6 is 0 Å². The smallest absolute Gasteiger partial charge is 0.276 e. The van der Waals surface area contributed by atoms with Crippen LogP contribution in [0, 0.1) is 0 Å². The minimum absolute atomic E-state index is 0.221. The van der Waals surface area contributed by atoms with Crippen molar-refractivity contribution in [1.29, 1.82) is 0 Å². The zero-order valence-electron chi connectivity index (χ0n) is 9.24. The lowest BCUT2D eigenvalue weighted by Gasteiger charge is -2.17. The normalized spacial score (nSPS) is 25.7. The van der Waals surface area contributed by atoms with Gasteiger partial charge in [0.15, 0.2) is 5.79 Å². The summed E-state index contributed by atoms with van der Waals surface area (Å²) in [6.07, 6.45) is -0.228. The average molecular weight is 238 g/mol. The number of hydrogen-bond acceptors (Lipinski definition) is 4. The van der Waals surface area contributed by atoms with E-state index in [-0.39, 0.29) is 12.6 Å². The first kappa shape index (κ1) is 12.9. The molecule has 0 saturated carbocycles. The molecule has 0 aliphatic carbocycles. The quantitative estimate of drug-likeness (QED) is 0.682. The Labute approximate surface area is 90.5 Å². The highest BCUT2D eigenvalue weighted by molar-refractivity contribution is 7.87. The molecule has 1 saturated heterocycles. The van der Waals surface area contributed by atoms with Crippen molar-refractivity contribution in [3.8, 4) is 0 Å². The summed E-state index contributed by atoms with van der Waals surface area (Å²) in [5, 5.41) is 0. The van der Waals surface area contributed by atoms with Gasteiger partial charge in [-0.05, 0) is 13.8 Å². The third-order valence-electron chi connectivity index (χ3n) is 1.90. The predicted molar refractivity (Wildman–Crippen MR) is 55.5 cm³/mol. The summed E-state index contributed by atoms with van der Waals surface area (Å²) in [7, 11) is -3.39. The molecule has 1 fully saturated rings. The maximum Gasteiger partial charge on any atom is 0.276 e. The van der Waals surface area contributed by atoms with E-state index in [9.17, 15) is 8.42 Å². The minimum atomic E-state index is -3.39. The Morgan fingerprint density at radius 1 is 1.40 bits per heavy atom. The monoisotopic (exact) mass is 238 g/mol. The van der Waals surface area contributed by atoms with E-state index >= 15 is 0 Å². The van der Waals surface area contributed by atoms with Crippen LogP contribution in [0.2, 0.25) is 0 Å². The zero-order chi connectivity index (χ0) is 11.5. The van der Waals surface area contributed by atoms with Crippen molar-refractivity contribution in [3.63, 3.8) is 0 Å². The summed E-state index contributed by atoms with van der Waals surface area (Å²) in [6.45, 7) is 6.30. The van der Waals surface area contributed by atoms with Gasteiger partial charge in [0, 0.05) is 13.1 Å². The number of nitrogens with one attached hydrogen (secondary N) is 2. The van der Waals surface area contributed by atoms with Crippen LogP contribution in [0.25, 0.3) is 0 Å². The minimum Gasteiger partial charge on any atom is -0.348 e. The SMILES string of the molecule is CCNS(=O)(=O)NCC1COC(C)(C)O1. The van der Waals surface area contributed by atoms with Gasteiger partial charge < -0.3 is 9.47 Å². The lowest BCUT2D eigenvalue weighted by atomic mass is 10.4. The molecule has 0 amide bonds. The third-order valence-corrected chi connectivity index (χ3v) is 3.12. The standard InChI is InChI=1S/C8H18N2O4S/c1-4-9-15(11,12)10-5-7-6-13-8(2,3)14-7/h7,9-10H,4-6H2,1-3H3. The van der Waals surface area contributed by atoms with E-state index in [1.807, 2.05) is 0 Å². The van der Waals surface area contributed by atoms with Crippen LogP contribution in [-0.2, 0) is 19.7 Å². The molecule has 1 aliphatic rings. The molecular weight excluding hydrogens is 220 g/mol. The Morgan fingerprint density at radius 2 is 2.07 bits per heavy atom. The first-order valence-electron chi connectivity index (χ1n) is 4.90. The van der Waals surface area contributed by atoms with Crippen LogP contribution in [0.15, 0.2) is 0 Å². The van der Waals surface area contributed by atoms with E-state index < -0.39 is 16.0 Å². The van der Waals surface area contributed by atoms with Crippen molar-refractivity contribution < 1.29 is 17.9 Å². The fraction of sp³-hybridized carbons (Fsp3) is 1.00. The van der Waals surface area contributed by atoms with Crippen molar-refractivity contribution in [2.45, 2.75) is 32.7 Å². The highest BCUT2D eigenvalue weighted by atomic mass is 32.2. The maximum atomic E-state index is 11.2. The predicted octanol–water partition coefficient (Wildman–Crippen LogP) is -0.418. The molecule has 1 atom stereocenters. The van der Waals surface area contributed by atoms with Gasteiger partial charge >= 0.3 is 0 Å². The van der Waals surface area contributed by atoms with Crippen molar-refractivity contribution in [2.24, 2.45) is 0 Å². The molecule has 15 heavy (non-hydrogen) atoms. The van der Waals surface area contributed by atoms with E-state index in [0.717, 1.165) is 0 Å². The van der Waals surface area contributed by atoms with Crippen LogP contribution in [0.1, 0.15) is 20.8 Å². The lowest BCUT2D eigenvalue weighted by Crippen LogP contribution is -2.41. The van der Waals surface area contributed by atoms with E-state index in [2.05, 4.69) is 9.44 Å². The fourth-order valence-electron chi connectivity index (χ4n) is 1.31. The van der Waals surface area contributed by atoms with Crippen molar-refractivity contribution in [1.82, 2.24) is 9.44 Å². The third kappa shape index (κ3) is 4.43. The lowest BCUT2D eigenvalue weighted by molar-refractivity contribution is -0.137. The molecular formula is C8H18N2O4S. The fourth-order valence-corrected chi connectivity index (χ4v) is 2.19. The van der Waals surface area contributed by atoms with Gasteiger partial charge in [0.1, 0.15) is 0 Å². The largest absolute Gasteiger partial charge is 0.348 e. The number of ether oxygens (including phenoxy) is 2. The summed E-state index contributed by atoms with van der Waals surface area (Å²) in [6, 6.07) is 0. The van der Waals surface area contributed by atoms with Gasteiger partial charge in [0.2, 0.25) is 0 Å². The van der Waals surface area contributed by atoms with E-state index in [0.29, 0.717) is 13.2 Å². The highest BCUT2D eigenvalue weighted by Crippen LogP contribution is 2.21. The molecule has 1 unspecified atom stereocenters. The van der Waals surface area contributed by atoms with Gasteiger partial charge in [-0.25, -0.2) is 4.72 Å². The molecule has 7 heteroatoms. The zero-order valence-corrected chi connectivity index (χ0v) is 10.1. The second-order valence-corrected chi connectivity index (χ2v) is 5.38. The van der Waals surface area contributed by atoms with E-state index in [4.69, 9.17) is 9.47 Å². The van der Waals surface area contributed by atoms with Crippen LogP contribution in [-0.4, -0.2) is 40.0 Å². The topological polar surface area (TPSA) is 76.7 Å². The molecule has 0 aromatic heterocycles. The molecule has 0 bridgehead atoms. The molecule has 1 rings (SSSR count). The number of rotatable bonds is 5. The van der Waals surface area contributed by atoms with Crippen LogP contribution < -0.4 is 9.44 Å². The summed E-state index contributed by atoms with van der Waals surface area (Å²) >= 11 is 0. The van der Waals surface area contributed by atoms with Crippen LogP contribution in [0.4, 0.5) is 0 Å². The first-order valence-corrected chi connectivity index (χ1v) is 6.39. The average Bonchev–Trinajstić information content (AvgIpc) is 2.42. The van der Waals surface area contributed by atoms with Gasteiger partial charge in [0.25, 0.3) is 10.2 Å². The summed E-state index contributed by atoms with van der Waals surface area (Å²) in [5.41, 5.74) is 0. The van der Waals surface area contributed by atoms with E-state index in [1.165, 1.54) is 0 Å². The molecule has 2 N–H and O–H groups in total. The van der Waals surface area contributed by atoms with Gasteiger partial charge in [-0.1, -0.05) is 6.92 Å². The Morgan fingerprint density at radius 3 is 2.53 bits per heavy atom. The molecule has 0 aromatic carbocycles. The maximum absolute atomic E-state index is 11.2. The van der Waals surface area contributed by atoms with Gasteiger partial charge in [-0.2, -0.15) is 13.1 Å². The molecule has 90 valence electrons. The number of hydrogen-bond donors (Lipinski definition) is 2. The van der Waals surface area contributed by atoms with Crippen LogP contribution in [0.3, 0.4) is 0 Å². The van der Waals surface area contributed by atoms with Crippen molar-refractivity contribution >= 4 is 10.2 Å². The Kier molecular flexibility index (Phi) is 4.07. The van der Waals surface area contributed by atoms with Gasteiger partial charge in [0.05, 0.1) is 12.7 Å².